The van der Waals surface area contributed by atoms with E-state index in [2.05, 4.69) is 33.0 Å². The molecule has 0 aromatic carbocycles. The number of amides is 1. The molecule has 0 aliphatic rings. The zero-order chi connectivity index (χ0) is 34.5. The second kappa shape index (κ2) is 37.5. The Morgan fingerprint density at radius 3 is 1.45 bits per heavy atom. The number of alkyl carbamates (subject to hydrolysis) is 1. The van der Waals surface area contributed by atoms with Crippen LogP contribution in [0.25, 0.3) is 0 Å². The van der Waals surface area contributed by atoms with Crippen molar-refractivity contribution in [3.8, 4) is 0 Å². The molecule has 280 valence electrons. The fourth-order valence-electron chi connectivity index (χ4n) is 5.56. The first-order valence-corrected chi connectivity index (χ1v) is 20.2. The average molecular weight is 670 g/mol. The van der Waals surface area contributed by atoms with E-state index >= 15 is 0 Å². The largest absolute Gasteiger partial charge is 0.463 e. The Balaban J connectivity index is 4.13. The highest BCUT2D eigenvalue weighted by Gasteiger charge is 2.14. The molecule has 1 atom stereocenters. The Kier molecular flexibility index (Phi) is 36.4. The lowest BCUT2D eigenvalue weighted by Crippen LogP contribution is -2.30. The number of rotatable bonds is 37. The molecule has 7 nitrogen and oxygen atoms in total. The van der Waals surface area contributed by atoms with E-state index < -0.39 is 6.09 Å². The number of hydrogen-bond donors (Lipinski definition) is 1. The van der Waals surface area contributed by atoms with Gasteiger partial charge in [-0.2, -0.15) is 0 Å². The summed E-state index contributed by atoms with van der Waals surface area (Å²) in [4.78, 5) is 24.1. The molecule has 0 aromatic heterocycles. The van der Waals surface area contributed by atoms with Crippen LogP contribution in [0.15, 0.2) is 0 Å². The standard InChI is InChI=1S/C40H79NO6/c1-5-7-9-11-13-15-17-19-21-23-25-27-32-44-35-38(36-47-39(42)29-31-41-40(43)46-34-30-37(3)4)45-33-28-26-24-22-20-18-16-14-12-10-8-6-2/h37-38H,5-36H2,1-4H3,(H,41,43). The van der Waals surface area contributed by atoms with E-state index in [1.807, 2.05) is 0 Å². The first-order chi connectivity index (χ1) is 23.0. The molecule has 7 heteroatoms. The maximum atomic E-state index is 12.3. The Bertz CT molecular complexity index is 659. The summed E-state index contributed by atoms with van der Waals surface area (Å²) in [5.74, 6) is 0.119. The third-order valence-electron chi connectivity index (χ3n) is 8.75. The van der Waals surface area contributed by atoms with Crippen LogP contribution in [0.4, 0.5) is 4.79 Å². The van der Waals surface area contributed by atoms with Crippen molar-refractivity contribution < 1.29 is 28.5 Å². The van der Waals surface area contributed by atoms with Crippen molar-refractivity contribution in [3.05, 3.63) is 0 Å². The van der Waals surface area contributed by atoms with Crippen molar-refractivity contribution in [1.82, 2.24) is 5.32 Å². The van der Waals surface area contributed by atoms with Crippen LogP contribution < -0.4 is 5.32 Å². The van der Waals surface area contributed by atoms with Crippen molar-refractivity contribution >= 4 is 12.1 Å². The second-order valence-corrected chi connectivity index (χ2v) is 14.0. The second-order valence-electron chi connectivity index (χ2n) is 14.0. The fourth-order valence-corrected chi connectivity index (χ4v) is 5.56. The summed E-state index contributed by atoms with van der Waals surface area (Å²) in [7, 11) is 0. The van der Waals surface area contributed by atoms with E-state index in [0.717, 1.165) is 19.3 Å². The van der Waals surface area contributed by atoms with Crippen LogP contribution in [0.2, 0.25) is 0 Å². The molecule has 1 N–H and O–H groups in total. The third-order valence-corrected chi connectivity index (χ3v) is 8.75. The van der Waals surface area contributed by atoms with Gasteiger partial charge in [0, 0.05) is 19.8 Å². The molecule has 0 aromatic rings. The molecule has 47 heavy (non-hydrogen) atoms. The Hall–Kier alpha value is -1.34. The normalized spacial score (nSPS) is 12.0. The highest BCUT2D eigenvalue weighted by Crippen LogP contribution is 2.14. The molecule has 0 saturated heterocycles. The smallest absolute Gasteiger partial charge is 0.407 e. The van der Waals surface area contributed by atoms with Gasteiger partial charge in [0.25, 0.3) is 0 Å². The Morgan fingerprint density at radius 2 is 0.979 bits per heavy atom. The van der Waals surface area contributed by atoms with Crippen LogP contribution in [0.5, 0.6) is 0 Å². The number of ether oxygens (including phenoxy) is 4. The van der Waals surface area contributed by atoms with Gasteiger partial charge < -0.3 is 24.3 Å². The molecule has 0 heterocycles. The van der Waals surface area contributed by atoms with Gasteiger partial charge in [-0.15, -0.1) is 0 Å². The van der Waals surface area contributed by atoms with Gasteiger partial charge in [-0.05, 0) is 25.2 Å². The van der Waals surface area contributed by atoms with Gasteiger partial charge in [-0.3, -0.25) is 4.79 Å². The van der Waals surface area contributed by atoms with Crippen molar-refractivity contribution in [1.29, 1.82) is 0 Å². The van der Waals surface area contributed by atoms with Crippen molar-refractivity contribution in [2.45, 2.75) is 201 Å². The number of hydrogen-bond acceptors (Lipinski definition) is 6. The van der Waals surface area contributed by atoms with E-state index in [1.165, 1.54) is 141 Å². The molecule has 0 saturated carbocycles. The summed E-state index contributed by atoms with van der Waals surface area (Å²) in [6.07, 6.45) is 31.7. The van der Waals surface area contributed by atoms with Crippen LogP contribution in [0, 0.1) is 5.92 Å². The van der Waals surface area contributed by atoms with Gasteiger partial charge in [0.05, 0.1) is 19.6 Å². The Morgan fingerprint density at radius 1 is 0.532 bits per heavy atom. The molecule has 0 spiro atoms. The van der Waals surface area contributed by atoms with Gasteiger partial charge in [-0.25, -0.2) is 4.79 Å². The Labute approximate surface area is 291 Å². The van der Waals surface area contributed by atoms with Crippen molar-refractivity contribution in [3.63, 3.8) is 0 Å². The van der Waals surface area contributed by atoms with E-state index in [9.17, 15) is 9.59 Å². The van der Waals surface area contributed by atoms with Crippen LogP contribution in [-0.4, -0.2) is 57.7 Å². The molecule has 0 bridgehead atoms. The summed E-state index contributed by atoms with van der Waals surface area (Å²) in [5.41, 5.74) is 0. The minimum Gasteiger partial charge on any atom is -0.463 e. The third kappa shape index (κ3) is 37.3. The molecule has 0 fully saturated rings. The molecular weight excluding hydrogens is 590 g/mol. The molecule has 0 aliphatic heterocycles. The first kappa shape index (κ1) is 45.7. The molecular formula is C40H79NO6. The number of carbonyl (C=O) groups is 2. The van der Waals surface area contributed by atoms with Crippen LogP contribution in [0.3, 0.4) is 0 Å². The van der Waals surface area contributed by atoms with Crippen LogP contribution in [-0.2, 0) is 23.7 Å². The van der Waals surface area contributed by atoms with Crippen LogP contribution >= 0.6 is 0 Å². The number of carbonyl (C=O) groups excluding carboxylic acids is 2. The topological polar surface area (TPSA) is 83.1 Å². The fraction of sp³-hybridized carbons (Fsp3) is 0.950. The highest BCUT2D eigenvalue weighted by molar-refractivity contribution is 5.71. The van der Waals surface area contributed by atoms with Gasteiger partial charge in [0.1, 0.15) is 12.7 Å². The van der Waals surface area contributed by atoms with E-state index in [4.69, 9.17) is 18.9 Å². The van der Waals surface area contributed by atoms with E-state index in [-0.39, 0.29) is 31.6 Å². The average Bonchev–Trinajstić information content (AvgIpc) is 3.05. The summed E-state index contributed by atoms with van der Waals surface area (Å²) in [6, 6.07) is 0. The molecule has 1 amide bonds. The van der Waals surface area contributed by atoms with Crippen LogP contribution in [0.1, 0.15) is 195 Å². The monoisotopic (exact) mass is 670 g/mol. The van der Waals surface area contributed by atoms with Gasteiger partial charge in [0.15, 0.2) is 0 Å². The number of esters is 1. The zero-order valence-electron chi connectivity index (χ0n) is 31.7. The predicted octanol–water partition coefficient (Wildman–Crippen LogP) is 11.5. The summed E-state index contributed by atoms with van der Waals surface area (Å²) in [5, 5.41) is 2.62. The lowest BCUT2D eigenvalue weighted by atomic mass is 10.1. The van der Waals surface area contributed by atoms with Gasteiger partial charge >= 0.3 is 12.1 Å². The maximum absolute atomic E-state index is 12.3. The maximum Gasteiger partial charge on any atom is 0.407 e. The molecule has 1 unspecified atom stereocenters. The highest BCUT2D eigenvalue weighted by atomic mass is 16.6. The minimum absolute atomic E-state index is 0.102. The van der Waals surface area contributed by atoms with E-state index in [0.29, 0.717) is 32.3 Å². The minimum atomic E-state index is -0.492. The van der Waals surface area contributed by atoms with Crippen molar-refractivity contribution in [2.24, 2.45) is 5.92 Å². The summed E-state index contributed by atoms with van der Waals surface area (Å²) >= 11 is 0. The summed E-state index contributed by atoms with van der Waals surface area (Å²) in [6.45, 7) is 11.3. The summed E-state index contributed by atoms with van der Waals surface area (Å²) < 4.78 is 22.7. The lowest BCUT2D eigenvalue weighted by Gasteiger charge is -2.18. The predicted molar refractivity (Wildman–Crippen MR) is 197 cm³/mol. The zero-order valence-corrected chi connectivity index (χ0v) is 31.7. The molecule has 0 rings (SSSR count). The first-order valence-electron chi connectivity index (χ1n) is 20.2. The van der Waals surface area contributed by atoms with Gasteiger partial charge in [-0.1, -0.05) is 169 Å². The number of nitrogens with one attached hydrogen (secondary N) is 1. The van der Waals surface area contributed by atoms with E-state index in [1.54, 1.807) is 0 Å². The van der Waals surface area contributed by atoms with Crippen molar-refractivity contribution in [2.75, 3.05) is 39.6 Å². The van der Waals surface area contributed by atoms with Gasteiger partial charge in [0.2, 0.25) is 0 Å². The number of unbranched alkanes of at least 4 members (excludes halogenated alkanes) is 22. The molecule has 0 aliphatic carbocycles. The molecule has 0 radical (unpaired) electrons. The quantitative estimate of drug-likeness (QED) is 0.0523. The lowest BCUT2D eigenvalue weighted by molar-refractivity contribution is -0.149. The SMILES string of the molecule is CCCCCCCCCCCCCCOCC(COC(=O)CCNC(=O)OCCC(C)C)OCCCCCCCCCCCCCC.